The minimum absolute atomic E-state index is 0.0868. The fraction of sp³-hybridized carbons (Fsp3) is 0.739. The number of carbonyl (C=O) groups is 2. The molecule has 0 aromatic rings. The van der Waals surface area contributed by atoms with Gasteiger partial charge in [-0.1, -0.05) is 26.0 Å². The molecule has 2 aliphatic rings. The van der Waals surface area contributed by atoms with Crippen LogP contribution >= 0.6 is 0 Å². The Hall–Kier alpha value is -1.58. The predicted octanol–water partition coefficient (Wildman–Crippen LogP) is 5.37. The standard InChI is InChI=1S/C23H36O4/c1-16(2)22(24)26-15-5-6-18-7-9-19(10-8-18)20-11-13-21(14-12-20)27-23(25)17(3)4/h18-21H,1,3,5-15H2,2,4H3. The summed E-state index contributed by atoms with van der Waals surface area (Å²) in [7, 11) is 0. The molecule has 0 N–H and O–H groups in total. The summed E-state index contributed by atoms with van der Waals surface area (Å²) in [6, 6.07) is 0. The van der Waals surface area contributed by atoms with E-state index < -0.39 is 0 Å². The minimum atomic E-state index is -0.275. The number of hydrogen-bond acceptors (Lipinski definition) is 4. The zero-order chi connectivity index (χ0) is 19.8. The second-order valence-corrected chi connectivity index (χ2v) is 8.56. The van der Waals surface area contributed by atoms with Crippen molar-refractivity contribution in [3.05, 3.63) is 24.3 Å². The largest absolute Gasteiger partial charge is 0.462 e. The third kappa shape index (κ3) is 7.15. The summed E-state index contributed by atoms with van der Waals surface area (Å²) < 4.78 is 10.7. The van der Waals surface area contributed by atoms with Gasteiger partial charge in [0.05, 0.1) is 6.61 Å². The molecular formula is C23H36O4. The first kappa shape index (κ1) is 21.7. The zero-order valence-corrected chi connectivity index (χ0v) is 17.1. The first-order valence-corrected chi connectivity index (χ1v) is 10.6. The molecule has 0 spiro atoms. The summed E-state index contributed by atoms with van der Waals surface area (Å²) in [6.07, 6.45) is 11.8. The second-order valence-electron chi connectivity index (χ2n) is 8.56. The molecule has 2 aliphatic carbocycles. The summed E-state index contributed by atoms with van der Waals surface area (Å²) in [4.78, 5) is 23.0. The summed E-state index contributed by atoms with van der Waals surface area (Å²) in [6.45, 7) is 11.2. The molecule has 0 unspecified atom stereocenters. The van der Waals surface area contributed by atoms with E-state index in [0.717, 1.165) is 43.4 Å². The number of hydrogen-bond donors (Lipinski definition) is 0. The highest BCUT2D eigenvalue weighted by atomic mass is 16.5. The van der Waals surface area contributed by atoms with Gasteiger partial charge in [-0.15, -0.1) is 0 Å². The summed E-state index contributed by atoms with van der Waals surface area (Å²) in [5.74, 6) is 1.89. The van der Waals surface area contributed by atoms with Gasteiger partial charge in [0, 0.05) is 11.1 Å². The predicted molar refractivity (Wildman–Crippen MR) is 107 cm³/mol. The van der Waals surface area contributed by atoms with Crippen LogP contribution in [0.25, 0.3) is 0 Å². The van der Waals surface area contributed by atoms with Crippen molar-refractivity contribution in [2.45, 2.75) is 84.2 Å². The smallest absolute Gasteiger partial charge is 0.333 e. The van der Waals surface area contributed by atoms with Crippen molar-refractivity contribution in [2.75, 3.05) is 6.61 Å². The maximum absolute atomic E-state index is 11.7. The Kier molecular flexibility index (Phi) is 8.59. The van der Waals surface area contributed by atoms with Crippen LogP contribution in [0.1, 0.15) is 78.1 Å². The van der Waals surface area contributed by atoms with Crippen LogP contribution in [-0.2, 0) is 19.1 Å². The van der Waals surface area contributed by atoms with Gasteiger partial charge < -0.3 is 9.47 Å². The fourth-order valence-corrected chi connectivity index (χ4v) is 4.54. The Morgan fingerprint density at radius 1 is 0.815 bits per heavy atom. The molecule has 0 heterocycles. The van der Waals surface area contributed by atoms with Gasteiger partial charge in [0.25, 0.3) is 0 Å². The van der Waals surface area contributed by atoms with E-state index in [2.05, 4.69) is 13.2 Å². The van der Waals surface area contributed by atoms with E-state index in [0.29, 0.717) is 17.8 Å². The zero-order valence-electron chi connectivity index (χ0n) is 17.1. The molecule has 4 nitrogen and oxygen atoms in total. The van der Waals surface area contributed by atoms with Crippen molar-refractivity contribution in [1.82, 2.24) is 0 Å². The molecule has 2 saturated carbocycles. The molecule has 0 radical (unpaired) electrons. The van der Waals surface area contributed by atoms with E-state index in [9.17, 15) is 9.59 Å². The molecule has 0 aliphatic heterocycles. The molecule has 0 saturated heterocycles. The van der Waals surface area contributed by atoms with Crippen LogP contribution < -0.4 is 0 Å². The van der Waals surface area contributed by atoms with Gasteiger partial charge in [-0.3, -0.25) is 0 Å². The number of esters is 2. The molecule has 4 heteroatoms. The molecule has 27 heavy (non-hydrogen) atoms. The number of carbonyl (C=O) groups excluding carboxylic acids is 2. The first-order valence-electron chi connectivity index (χ1n) is 10.6. The summed E-state index contributed by atoms with van der Waals surface area (Å²) in [5, 5.41) is 0. The van der Waals surface area contributed by atoms with Gasteiger partial charge in [0.15, 0.2) is 0 Å². The Bertz CT molecular complexity index is 535. The monoisotopic (exact) mass is 376 g/mol. The van der Waals surface area contributed by atoms with Gasteiger partial charge in [-0.25, -0.2) is 9.59 Å². The maximum atomic E-state index is 11.7. The SMILES string of the molecule is C=C(C)C(=O)OCCCC1CCC(C2CCC(OC(=O)C(=C)C)CC2)CC1. The maximum Gasteiger partial charge on any atom is 0.333 e. The van der Waals surface area contributed by atoms with Crippen LogP contribution in [0.5, 0.6) is 0 Å². The van der Waals surface area contributed by atoms with Crippen LogP contribution in [0.15, 0.2) is 24.3 Å². The molecule has 0 aromatic carbocycles. The van der Waals surface area contributed by atoms with Crippen molar-refractivity contribution >= 4 is 11.9 Å². The van der Waals surface area contributed by atoms with Gasteiger partial charge in [-0.05, 0) is 83.0 Å². The topological polar surface area (TPSA) is 52.6 Å². The van der Waals surface area contributed by atoms with Crippen LogP contribution in [0.2, 0.25) is 0 Å². The fourth-order valence-electron chi connectivity index (χ4n) is 4.54. The van der Waals surface area contributed by atoms with Crippen molar-refractivity contribution in [1.29, 1.82) is 0 Å². The van der Waals surface area contributed by atoms with E-state index in [1.165, 1.54) is 38.5 Å². The van der Waals surface area contributed by atoms with Gasteiger partial charge >= 0.3 is 11.9 Å². The number of rotatable bonds is 8. The summed E-state index contributed by atoms with van der Waals surface area (Å²) in [5.41, 5.74) is 0.962. The average Bonchev–Trinajstić information content (AvgIpc) is 2.66. The average molecular weight is 377 g/mol. The van der Waals surface area contributed by atoms with Crippen LogP contribution in [-0.4, -0.2) is 24.6 Å². The molecule has 0 bridgehead atoms. The molecule has 152 valence electrons. The highest BCUT2D eigenvalue weighted by Gasteiger charge is 2.31. The van der Waals surface area contributed by atoms with Crippen molar-refractivity contribution in [3.8, 4) is 0 Å². The molecule has 0 aromatic heterocycles. The van der Waals surface area contributed by atoms with E-state index >= 15 is 0 Å². The Balaban J connectivity index is 1.59. The normalized spacial score (nSPS) is 28.2. The van der Waals surface area contributed by atoms with E-state index in [1.54, 1.807) is 13.8 Å². The first-order chi connectivity index (χ1) is 12.9. The van der Waals surface area contributed by atoms with Crippen molar-refractivity contribution < 1.29 is 19.1 Å². The van der Waals surface area contributed by atoms with Crippen LogP contribution in [0, 0.1) is 17.8 Å². The lowest BCUT2D eigenvalue weighted by Gasteiger charge is -2.37. The Morgan fingerprint density at radius 3 is 1.85 bits per heavy atom. The lowest BCUT2D eigenvalue weighted by molar-refractivity contribution is -0.146. The van der Waals surface area contributed by atoms with Gasteiger partial charge in [0.1, 0.15) is 6.10 Å². The van der Waals surface area contributed by atoms with Gasteiger partial charge in [-0.2, -0.15) is 0 Å². The van der Waals surface area contributed by atoms with Gasteiger partial charge in [0.2, 0.25) is 0 Å². The molecule has 0 amide bonds. The Labute approximate surface area is 164 Å². The molecular weight excluding hydrogens is 340 g/mol. The highest BCUT2D eigenvalue weighted by Crippen LogP contribution is 2.41. The van der Waals surface area contributed by atoms with E-state index in [4.69, 9.17) is 9.47 Å². The van der Waals surface area contributed by atoms with E-state index in [-0.39, 0.29) is 18.0 Å². The van der Waals surface area contributed by atoms with E-state index in [1.807, 2.05) is 0 Å². The molecule has 2 fully saturated rings. The third-order valence-electron chi connectivity index (χ3n) is 6.24. The molecule has 2 rings (SSSR count). The molecule has 0 atom stereocenters. The highest BCUT2D eigenvalue weighted by molar-refractivity contribution is 5.87. The van der Waals surface area contributed by atoms with Crippen LogP contribution in [0.4, 0.5) is 0 Å². The Morgan fingerprint density at radius 2 is 1.33 bits per heavy atom. The third-order valence-corrected chi connectivity index (χ3v) is 6.24. The lowest BCUT2D eigenvalue weighted by atomic mass is 9.70. The van der Waals surface area contributed by atoms with Crippen LogP contribution in [0.3, 0.4) is 0 Å². The van der Waals surface area contributed by atoms with Crippen molar-refractivity contribution in [3.63, 3.8) is 0 Å². The second kappa shape index (κ2) is 10.7. The lowest BCUT2D eigenvalue weighted by Crippen LogP contribution is -2.30. The van der Waals surface area contributed by atoms with Crippen molar-refractivity contribution in [2.24, 2.45) is 17.8 Å². The minimum Gasteiger partial charge on any atom is -0.462 e. The number of ether oxygens (including phenoxy) is 2. The summed E-state index contributed by atoms with van der Waals surface area (Å²) >= 11 is 0. The quantitative estimate of drug-likeness (QED) is 0.325.